The number of aliphatic carboxylic acids is 4. The molecular weight excluding hydrogens is 1220 g/mol. The van der Waals surface area contributed by atoms with E-state index in [2.05, 4.69) is 27.7 Å². The third kappa shape index (κ3) is 108. The average molecular weight is 1370 g/mol. The van der Waals surface area contributed by atoms with Crippen molar-refractivity contribution in [1.82, 2.24) is 0 Å². The van der Waals surface area contributed by atoms with Gasteiger partial charge in [-0.1, -0.05) is 387 Å². The van der Waals surface area contributed by atoms with Gasteiger partial charge in [-0.2, -0.15) is 0 Å². The third-order valence-corrected chi connectivity index (χ3v) is 15.9. The molecule has 0 unspecified atom stereocenters. The summed E-state index contributed by atoms with van der Waals surface area (Å²) in [5.41, 5.74) is 0. The minimum atomic E-state index is -0.903. The molecule has 10 heteroatoms. The zero-order valence-electron chi connectivity index (χ0n) is 55.7. The predicted octanol–water partition coefficient (Wildman–Crippen LogP) is 19.2. The van der Waals surface area contributed by atoms with Crippen LogP contribution < -0.4 is 20.4 Å². The van der Waals surface area contributed by atoms with E-state index in [1.165, 1.54) is 334 Å². The second kappa shape index (κ2) is 89.3. The molecule has 0 aliphatic rings. The summed E-state index contributed by atoms with van der Waals surface area (Å²) in [5.74, 6) is -3.61. The van der Waals surface area contributed by atoms with Crippen LogP contribution in [0.15, 0.2) is 0 Å². The van der Waals surface area contributed by atoms with Crippen molar-refractivity contribution in [3.05, 3.63) is 0 Å². The number of hydrogen-bond acceptors (Lipinski definition) is 8. The summed E-state index contributed by atoms with van der Waals surface area (Å²) in [6.45, 7) is 9.07. The van der Waals surface area contributed by atoms with Crippen LogP contribution >= 0.6 is 0 Å². The molecule has 82 heavy (non-hydrogen) atoms. The topological polar surface area (TPSA) is 161 Å². The Morgan fingerprint density at radius 2 is 0.244 bits per heavy atom. The first kappa shape index (κ1) is 92.7. The van der Waals surface area contributed by atoms with Gasteiger partial charge in [-0.25, -0.2) is 0 Å². The largest absolute Gasteiger partial charge is 2.00 e. The van der Waals surface area contributed by atoms with Crippen LogP contribution in [-0.4, -0.2) is 74.2 Å². The van der Waals surface area contributed by atoms with Crippen LogP contribution in [0.4, 0.5) is 0 Å². The molecule has 0 amide bonds. The summed E-state index contributed by atoms with van der Waals surface area (Å²) >= 11 is 0. The summed E-state index contributed by atoms with van der Waals surface area (Å²) in [7, 11) is 0. The van der Waals surface area contributed by atoms with Crippen molar-refractivity contribution in [2.45, 2.75) is 439 Å². The van der Waals surface area contributed by atoms with E-state index >= 15 is 0 Å². The maximum Gasteiger partial charge on any atom is 2.00 e. The van der Waals surface area contributed by atoms with Crippen LogP contribution in [0.1, 0.15) is 439 Å². The molecule has 0 heterocycles. The van der Waals surface area contributed by atoms with Gasteiger partial charge in [0.25, 0.3) is 0 Å². The minimum absolute atomic E-state index is 0. The average Bonchev–Trinajstić information content (AvgIpc) is 3.43. The van der Waals surface area contributed by atoms with Crippen LogP contribution in [0.3, 0.4) is 0 Å². The molecule has 0 atom stereocenters. The van der Waals surface area contributed by atoms with E-state index in [1.807, 2.05) is 0 Å². The second-order valence-electron chi connectivity index (χ2n) is 24.3. The fourth-order valence-electron chi connectivity index (χ4n) is 10.6. The third-order valence-electron chi connectivity index (χ3n) is 15.9. The number of carbonyl (C=O) groups excluding carboxylic acids is 4. The van der Waals surface area contributed by atoms with E-state index in [1.54, 1.807) is 0 Å². The number of hydrogen-bond donors (Lipinski definition) is 0. The standard InChI is InChI=1S/4C18H36O2.Mg.Pb/c4*1-2-3-4-5-6-7-8-9-10-11-12-13-14-15-16-17-18(19)20;;/h4*2-17H2,1H3,(H,19,20);;/q;;;;2*+2/p-4. The van der Waals surface area contributed by atoms with E-state index in [-0.39, 0.29) is 76.0 Å². The first-order valence-electron chi connectivity index (χ1n) is 35.9. The Morgan fingerprint density at radius 3 is 0.317 bits per heavy atom. The van der Waals surface area contributed by atoms with Gasteiger partial charge in [0.1, 0.15) is 0 Å². The zero-order valence-corrected chi connectivity index (χ0v) is 61.0. The molecule has 0 aromatic rings. The predicted molar refractivity (Wildman–Crippen MR) is 350 cm³/mol. The van der Waals surface area contributed by atoms with Crippen molar-refractivity contribution < 1.29 is 39.6 Å². The van der Waals surface area contributed by atoms with Gasteiger partial charge in [-0.15, -0.1) is 0 Å². The summed E-state index contributed by atoms with van der Waals surface area (Å²) in [4.78, 5) is 40.9. The van der Waals surface area contributed by atoms with Crippen molar-refractivity contribution >= 4 is 74.2 Å². The van der Waals surface area contributed by atoms with Crippen LogP contribution in [0.5, 0.6) is 0 Å². The van der Waals surface area contributed by atoms with Crippen molar-refractivity contribution in [3.63, 3.8) is 0 Å². The van der Waals surface area contributed by atoms with Crippen LogP contribution in [-0.2, 0) is 19.2 Å². The fraction of sp³-hybridized carbons (Fsp3) is 0.944. The molecule has 0 aromatic heterocycles. The SMILES string of the molecule is CCCCCCCCCCCCCCCCCC(=O)[O-].CCCCCCCCCCCCCCCCCC(=O)[O-].CCCCCCCCCCCCCCCCCC(=O)[O-].CCCCCCCCCCCCCCCCCC(=O)[O-].[Mg+2].[Pb+2]. The molecule has 0 fully saturated rings. The molecular formula is C72H140MgO8Pb. The van der Waals surface area contributed by atoms with Crippen LogP contribution in [0.25, 0.3) is 0 Å². The summed E-state index contributed by atoms with van der Waals surface area (Å²) in [6.07, 6.45) is 79.4. The van der Waals surface area contributed by atoms with E-state index in [4.69, 9.17) is 0 Å². The number of carboxylic acid groups (broad SMARTS) is 4. The fourth-order valence-corrected chi connectivity index (χ4v) is 10.6. The van der Waals surface area contributed by atoms with Gasteiger partial charge in [-0.3, -0.25) is 0 Å². The molecule has 0 saturated heterocycles. The van der Waals surface area contributed by atoms with Crippen molar-refractivity contribution in [2.75, 3.05) is 0 Å². The van der Waals surface area contributed by atoms with Gasteiger partial charge in [0, 0.05) is 23.9 Å². The monoisotopic (exact) mass is 1370 g/mol. The molecule has 0 rings (SSSR count). The molecule has 2 radical (unpaired) electrons. The summed E-state index contributed by atoms with van der Waals surface area (Å²) < 4.78 is 0. The first-order chi connectivity index (χ1) is 39.1. The summed E-state index contributed by atoms with van der Waals surface area (Å²) in [6, 6.07) is 0. The summed E-state index contributed by atoms with van der Waals surface area (Å²) in [5, 5.41) is 40.9. The maximum absolute atomic E-state index is 10.2. The molecule has 0 saturated carbocycles. The van der Waals surface area contributed by atoms with Gasteiger partial charge in [0.2, 0.25) is 0 Å². The maximum atomic E-state index is 10.2. The normalized spacial score (nSPS) is 10.6. The zero-order chi connectivity index (χ0) is 59.6. The van der Waals surface area contributed by atoms with Crippen molar-refractivity contribution in [2.24, 2.45) is 0 Å². The van der Waals surface area contributed by atoms with Gasteiger partial charge >= 0.3 is 50.4 Å². The molecule has 0 bridgehead atoms. The molecule has 0 aromatic carbocycles. The smallest absolute Gasteiger partial charge is 0.550 e. The molecule has 8 nitrogen and oxygen atoms in total. The van der Waals surface area contributed by atoms with Crippen LogP contribution in [0.2, 0.25) is 0 Å². The Hall–Kier alpha value is -0.432. The Balaban J connectivity index is -0.000000233. The molecule has 0 spiro atoms. The van der Waals surface area contributed by atoms with E-state index in [0.717, 1.165) is 51.4 Å². The van der Waals surface area contributed by atoms with Gasteiger partial charge in [0.15, 0.2) is 0 Å². The van der Waals surface area contributed by atoms with Crippen LogP contribution in [0, 0.1) is 0 Å². The molecule has 0 N–H and O–H groups in total. The quantitative estimate of drug-likeness (QED) is 0.0430. The number of rotatable bonds is 64. The van der Waals surface area contributed by atoms with E-state index in [0.29, 0.717) is 0 Å². The molecule has 482 valence electrons. The number of unbranched alkanes of at least 4 members (excludes halogenated alkanes) is 56. The van der Waals surface area contributed by atoms with Crippen molar-refractivity contribution in [3.8, 4) is 0 Å². The second-order valence-corrected chi connectivity index (χ2v) is 24.3. The Morgan fingerprint density at radius 1 is 0.171 bits per heavy atom. The number of carbonyl (C=O) groups is 4. The Labute approximate surface area is 548 Å². The van der Waals surface area contributed by atoms with Gasteiger partial charge in [0.05, 0.1) is 0 Å². The molecule has 0 aliphatic heterocycles. The van der Waals surface area contributed by atoms with Gasteiger partial charge in [-0.05, 0) is 51.4 Å². The Kier molecular flexibility index (Phi) is 101. The van der Waals surface area contributed by atoms with E-state index in [9.17, 15) is 39.6 Å². The minimum Gasteiger partial charge on any atom is -0.550 e. The Bertz CT molecular complexity index is 998. The van der Waals surface area contributed by atoms with Gasteiger partial charge < -0.3 is 39.6 Å². The first-order valence-corrected chi connectivity index (χ1v) is 35.9. The van der Waals surface area contributed by atoms with Crippen molar-refractivity contribution in [1.29, 1.82) is 0 Å². The molecule has 0 aliphatic carbocycles. The van der Waals surface area contributed by atoms with E-state index < -0.39 is 23.9 Å². The number of carboxylic acids is 4.